The van der Waals surface area contributed by atoms with Crippen molar-refractivity contribution in [1.82, 2.24) is 9.36 Å². The Balaban J connectivity index is 1.58. The molecule has 1 amide bonds. The molecule has 0 bridgehead atoms. The lowest BCUT2D eigenvalue weighted by atomic mass is 10.2. The minimum absolute atomic E-state index is 0.189. The number of aromatic nitrogens is 2. The topological polar surface area (TPSA) is 54.9 Å². The Hall–Kier alpha value is -1.96. The van der Waals surface area contributed by atoms with E-state index in [9.17, 15) is 9.18 Å². The number of halogens is 2. The molecule has 0 radical (unpaired) electrons. The molecule has 0 aliphatic heterocycles. The van der Waals surface area contributed by atoms with Crippen molar-refractivity contribution in [3.8, 4) is 11.4 Å². The van der Waals surface area contributed by atoms with Gasteiger partial charge in [0, 0.05) is 11.3 Å². The number of benzene rings is 2. The summed E-state index contributed by atoms with van der Waals surface area (Å²) >= 11 is 8.63. The zero-order chi connectivity index (χ0) is 16.9. The predicted molar refractivity (Wildman–Crippen MR) is 96.1 cm³/mol. The summed E-state index contributed by atoms with van der Waals surface area (Å²) in [6, 6.07) is 12.9. The molecule has 1 heterocycles. The Kier molecular flexibility index (Phi) is 5.44. The summed E-state index contributed by atoms with van der Waals surface area (Å²) in [5.41, 5.74) is 1.31. The summed E-state index contributed by atoms with van der Waals surface area (Å²) in [5, 5.41) is 3.28. The maximum Gasteiger partial charge on any atom is 0.234 e. The highest BCUT2D eigenvalue weighted by molar-refractivity contribution is 8.01. The number of anilines is 1. The second-order valence-electron chi connectivity index (χ2n) is 4.71. The number of carbonyl (C=O) groups is 1. The van der Waals surface area contributed by atoms with Crippen LogP contribution in [-0.2, 0) is 4.79 Å². The SMILES string of the molecule is O=C(CSc1nc(-c2ccccc2Cl)ns1)Nc1ccc(F)cc1. The van der Waals surface area contributed by atoms with Crippen LogP contribution < -0.4 is 5.32 Å². The third kappa shape index (κ3) is 4.31. The Morgan fingerprint density at radius 2 is 1.96 bits per heavy atom. The summed E-state index contributed by atoms with van der Waals surface area (Å²) in [4.78, 5) is 16.3. The molecule has 0 unspecified atom stereocenters. The van der Waals surface area contributed by atoms with E-state index in [4.69, 9.17) is 11.6 Å². The third-order valence-electron chi connectivity index (χ3n) is 2.98. The Labute approximate surface area is 151 Å². The van der Waals surface area contributed by atoms with E-state index >= 15 is 0 Å². The lowest BCUT2D eigenvalue weighted by molar-refractivity contribution is -0.113. The van der Waals surface area contributed by atoms with Gasteiger partial charge in [0.15, 0.2) is 10.2 Å². The molecule has 0 fully saturated rings. The number of amides is 1. The van der Waals surface area contributed by atoms with E-state index in [0.717, 1.165) is 5.56 Å². The van der Waals surface area contributed by atoms with Gasteiger partial charge in [-0.1, -0.05) is 35.5 Å². The van der Waals surface area contributed by atoms with Gasteiger partial charge in [0.05, 0.1) is 10.8 Å². The molecule has 8 heteroatoms. The number of carbonyl (C=O) groups excluding carboxylic acids is 1. The molecule has 2 aromatic carbocycles. The van der Waals surface area contributed by atoms with Gasteiger partial charge in [-0.25, -0.2) is 9.37 Å². The molecule has 4 nitrogen and oxygen atoms in total. The van der Waals surface area contributed by atoms with Crippen molar-refractivity contribution in [2.24, 2.45) is 0 Å². The van der Waals surface area contributed by atoms with Crippen molar-refractivity contribution in [2.75, 3.05) is 11.1 Å². The van der Waals surface area contributed by atoms with Crippen molar-refractivity contribution >= 4 is 46.5 Å². The molecule has 3 rings (SSSR count). The highest BCUT2D eigenvalue weighted by Gasteiger charge is 2.11. The van der Waals surface area contributed by atoms with Gasteiger partial charge in [-0.2, -0.15) is 4.37 Å². The Morgan fingerprint density at radius 3 is 2.71 bits per heavy atom. The fourth-order valence-electron chi connectivity index (χ4n) is 1.88. The van der Waals surface area contributed by atoms with Gasteiger partial charge < -0.3 is 5.32 Å². The highest BCUT2D eigenvalue weighted by atomic mass is 35.5. The van der Waals surface area contributed by atoms with Crippen molar-refractivity contribution in [1.29, 1.82) is 0 Å². The first-order valence-electron chi connectivity index (χ1n) is 6.88. The van der Waals surface area contributed by atoms with Gasteiger partial charge in [0.1, 0.15) is 5.82 Å². The zero-order valence-electron chi connectivity index (χ0n) is 12.2. The quantitative estimate of drug-likeness (QED) is 0.651. The van der Waals surface area contributed by atoms with Crippen molar-refractivity contribution < 1.29 is 9.18 Å². The highest BCUT2D eigenvalue weighted by Crippen LogP contribution is 2.29. The van der Waals surface area contributed by atoms with Crippen molar-refractivity contribution in [3.05, 3.63) is 59.4 Å². The van der Waals surface area contributed by atoms with Gasteiger partial charge in [0.25, 0.3) is 0 Å². The first kappa shape index (κ1) is 16.9. The summed E-state index contributed by atoms with van der Waals surface area (Å²) in [5.74, 6) is 0.200. The zero-order valence-corrected chi connectivity index (χ0v) is 14.6. The monoisotopic (exact) mass is 379 g/mol. The lowest BCUT2D eigenvalue weighted by Crippen LogP contribution is -2.13. The first-order chi connectivity index (χ1) is 11.6. The summed E-state index contributed by atoms with van der Waals surface area (Å²) in [6.45, 7) is 0. The van der Waals surface area contributed by atoms with Crippen LogP contribution in [0.2, 0.25) is 5.02 Å². The first-order valence-corrected chi connectivity index (χ1v) is 9.02. The molecule has 122 valence electrons. The molecule has 1 N–H and O–H groups in total. The second-order valence-corrected chi connectivity index (χ2v) is 7.09. The van der Waals surface area contributed by atoms with E-state index in [1.165, 1.54) is 47.6 Å². The maximum absolute atomic E-state index is 12.8. The fourth-order valence-corrected chi connectivity index (χ4v) is 3.51. The minimum Gasteiger partial charge on any atom is -0.325 e. The lowest BCUT2D eigenvalue weighted by Gasteiger charge is -2.03. The van der Waals surface area contributed by atoms with Crippen LogP contribution in [0, 0.1) is 5.82 Å². The van der Waals surface area contributed by atoms with Gasteiger partial charge in [0.2, 0.25) is 5.91 Å². The van der Waals surface area contributed by atoms with Crippen LogP contribution >= 0.6 is 34.9 Å². The molecule has 0 aliphatic carbocycles. The van der Waals surface area contributed by atoms with E-state index in [1.807, 2.05) is 18.2 Å². The number of nitrogens with one attached hydrogen (secondary N) is 1. The Morgan fingerprint density at radius 1 is 1.21 bits per heavy atom. The standard InChI is InChI=1S/C16H11ClFN3OS2/c17-13-4-2-1-3-12(13)15-20-16(24-21-15)23-9-14(22)19-11-7-5-10(18)6-8-11/h1-8H,9H2,(H,19,22). The molecule has 3 aromatic rings. The molecule has 0 saturated heterocycles. The molecule has 0 spiro atoms. The van der Waals surface area contributed by atoms with Crippen LogP contribution in [-0.4, -0.2) is 21.0 Å². The molecular formula is C16H11ClFN3OS2. The van der Waals surface area contributed by atoms with Crippen molar-refractivity contribution in [3.63, 3.8) is 0 Å². The average molecular weight is 380 g/mol. The molecule has 1 aromatic heterocycles. The van der Waals surface area contributed by atoms with Crippen LogP contribution in [0.5, 0.6) is 0 Å². The summed E-state index contributed by atoms with van der Waals surface area (Å²) < 4.78 is 17.8. The van der Waals surface area contributed by atoms with E-state index < -0.39 is 0 Å². The number of thioether (sulfide) groups is 1. The smallest absolute Gasteiger partial charge is 0.234 e. The molecule has 0 atom stereocenters. The van der Waals surface area contributed by atoms with E-state index in [2.05, 4.69) is 14.7 Å². The number of nitrogens with zero attached hydrogens (tertiary/aromatic N) is 2. The largest absolute Gasteiger partial charge is 0.325 e. The van der Waals surface area contributed by atoms with E-state index in [1.54, 1.807) is 6.07 Å². The minimum atomic E-state index is -0.344. The van der Waals surface area contributed by atoms with Crippen LogP contribution in [0.25, 0.3) is 11.4 Å². The number of hydrogen-bond acceptors (Lipinski definition) is 5. The third-order valence-corrected chi connectivity index (χ3v) is 5.14. The van der Waals surface area contributed by atoms with Gasteiger partial charge in [-0.15, -0.1) is 0 Å². The summed E-state index contributed by atoms with van der Waals surface area (Å²) in [6.07, 6.45) is 0. The maximum atomic E-state index is 12.8. The van der Waals surface area contributed by atoms with Crippen LogP contribution in [0.3, 0.4) is 0 Å². The average Bonchev–Trinajstić information content (AvgIpc) is 3.04. The van der Waals surface area contributed by atoms with Gasteiger partial charge in [-0.05, 0) is 47.9 Å². The molecule has 0 saturated carbocycles. The second kappa shape index (κ2) is 7.74. The summed E-state index contributed by atoms with van der Waals surface area (Å²) in [7, 11) is 0. The van der Waals surface area contributed by atoms with Gasteiger partial charge >= 0.3 is 0 Å². The normalized spacial score (nSPS) is 10.6. The Bertz CT molecular complexity index is 855. The van der Waals surface area contributed by atoms with Crippen LogP contribution in [0.4, 0.5) is 10.1 Å². The molecule has 0 aliphatic rings. The fraction of sp³-hybridized carbons (Fsp3) is 0.0625. The molecular weight excluding hydrogens is 369 g/mol. The van der Waals surface area contributed by atoms with Crippen molar-refractivity contribution in [2.45, 2.75) is 4.34 Å². The van der Waals surface area contributed by atoms with E-state index in [0.29, 0.717) is 20.9 Å². The molecule has 24 heavy (non-hydrogen) atoms. The van der Waals surface area contributed by atoms with Crippen LogP contribution in [0.15, 0.2) is 52.9 Å². The number of hydrogen-bond donors (Lipinski definition) is 1. The van der Waals surface area contributed by atoms with E-state index in [-0.39, 0.29) is 17.5 Å². The van der Waals surface area contributed by atoms with Gasteiger partial charge in [-0.3, -0.25) is 4.79 Å². The predicted octanol–water partition coefficient (Wildman–Crippen LogP) is 4.73. The number of rotatable bonds is 5. The van der Waals surface area contributed by atoms with Crippen LogP contribution in [0.1, 0.15) is 0 Å².